The molecular formula is C8H11NO2. The van der Waals surface area contributed by atoms with E-state index in [4.69, 9.17) is 0 Å². The predicted octanol–water partition coefficient (Wildman–Crippen LogP) is 1.04. The molecule has 0 atom stereocenters. The van der Waals surface area contributed by atoms with Gasteiger partial charge in [-0.25, -0.2) is 0 Å². The smallest absolute Gasteiger partial charge is 0.293 e. The summed E-state index contributed by atoms with van der Waals surface area (Å²) in [5, 5.41) is 0. The van der Waals surface area contributed by atoms with E-state index in [1.54, 1.807) is 0 Å². The Balaban J connectivity index is 2.38. The van der Waals surface area contributed by atoms with E-state index in [1.165, 1.54) is 11.1 Å². The SMILES string of the molecule is Cc1c[nH]cc1CCOC=O. The molecule has 11 heavy (non-hydrogen) atoms. The molecule has 0 bridgehead atoms. The van der Waals surface area contributed by atoms with Crippen molar-refractivity contribution >= 4 is 6.47 Å². The van der Waals surface area contributed by atoms with Gasteiger partial charge in [0.05, 0.1) is 6.61 Å². The number of nitrogens with one attached hydrogen (secondary N) is 1. The molecule has 0 spiro atoms. The van der Waals surface area contributed by atoms with Crippen LogP contribution < -0.4 is 0 Å². The van der Waals surface area contributed by atoms with Crippen LogP contribution in [0.25, 0.3) is 0 Å². The van der Waals surface area contributed by atoms with Crippen LogP contribution in [0.15, 0.2) is 12.4 Å². The van der Waals surface area contributed by atoms with Crippen molar-refractivity contribution in [2.75, 3.05) is 6.61 Å². The molecule has 0 aliphatic rings. The lowest BCUT2D eigenvalue weighted by molar-refractivity contribution is -0.128. The molecule has 1 N–H and O–H groups in total. The van der Waals surface area contributed by atoms with Gasteiger partial charge in [0.25, 0.3) is 6.47 Å². The fraction of sp³-hybridized carbons (Fsp3) is 0.375. The van der Waals surface area contributed by atoms with Gasteiger partial charge in [0.15, 0.2) is 0 Å². The average molecular weight is 153 g/mol. The number of carbonyl (C=O) groups excluding carboxylic acids is 1. The van der Waals surface area contributed by atoms with Gasteiger partial charge < -0.3 is 9.72 Å². The number of H-pyrrole nitrogens is 1. The van der Waals surface area contributed by atoms with Crippen LogP contribution in [-0.4, -0.2) is 18.1 Å². The van der Waals surface area contributed by atoms with Crippen LogP contribution in [0.5, 0.6) is 0 Å². The summed E-state index contributed by atoms with van der Waals surface area (Å²) in [5.41, 5.74) is 2.41. The topological polar surface area (TPSA) is 42.1 Å². The van der Waals surface area contributed by atoms with E-state index in [9.17, 15) is 4.79 Å². The highest BCUT2D eigenvalue weighted by atomic mass is 16.5. The third kappa shape index (κ3) is 2.11. The highest BCUT2D eigenvalue weighted by molar-refractivity contribution is 5.37. The first-order chi connectivity index (χ1) is 5.34. The normalized spacial score (nSPS) is 9.55. The summed E-state index contributed by atoms with van der Waals surface area (Å²) in [4.78, 5) is 12.8. The second-order valence-corrected chi connectivity index (χ2v) is 2.38. The summed E-state index contributed by atoms with van der Waals surface area (Å²) < 4.78 is 4.57. The molecule has 1 aromatic heterocycles. The molecule has 0 radical (unpaired) electrons. The molecule has 1 rings (SSSR count). The molecule has 3 nitrogen and oxygen atoms in total. The van der Waals surface area contributed by atoms with Crippen molar-refractivity contribution in [1.29, 1.82) is 0 Å². The van der Waals surface area contributed by atoms with E-state index in [0.717, 1.165) is 6.42 Å². The summed E-state index contributed by atoms with van der Waals surface area (Å²) in [6, 6.07) is 0. The van der Waals surface area contributed by atoms with E-state index in [-0.39, 0.29) is 0 Å². The van der Waals surface area contributed by atoms with Crippen LogP contribution in [0.3, 0.4) is 0 Å². The Morgan fingerprint density at radius 1 is 1.64 bits per heavy atom. The monoisotopic (exact) mass is 153 g/mol. The van der Waals surface area contributed by atoms with Gasteiger partial charge in [0.1, 0.15) is 0 Å². The van der Waals surface area contributed by atoms with E-state index in [0.29, 0.717) is 13.1 Å². The van der Waals surface area contributed by atoms with E-state index in [1.807, 2.05) is 19.3 Å². The van der Waals surface area contributed by atoms with Gasteiger partial charge in [-0.3, -0.25) is 4.79 Å². The molecule has 1 heterocycles. The maximum Gasteiger partial charge on any atom is 0.293 e. The zero-order chi connectivity index (χ0) is 8.10. The minimum atomic E-state index is 0.461. The lowest BCUT2D eigenvalue weighted by atomic mass is 10.2. The van der Waals surface area contributed by atoms with Crippen molar-refractivity contribution in [3.8, 4) is 0 Å². The van der Waals surface area contributed by atoms with Crippen molar-refractivity contribution < 1.29 is 9.53 Å². The Kier molecular flexibility index (Phi) is 2.72. The summed E-state index contributed by atoms with van der Waals surface area (Å²) in [5.74, 6) is 0. The number of rotatable bonds is 4. The van der Waals surface area contributed by atoms with E-state index >= 15 is 0 Å². The van der Waals surface area contributed by atoms with Crippen molar-refractivity contribution in [3.63, 3.8) is 0 Å². The largest absolute Gasteiger partial charge is 0.468 e. The maximum absolute atomic E-state index is 9.79. The molecule has 60 valence electrons. The third-order valence-corrected chi connectivity index (χ3v) is 1.62. The van der Waals surface area contributed by atoms with Crippen LogP contribution in [-0.2, 0) is 16.0 Å². The fourth-order valence-corrected chi connectivity index (χ4v) is 0.960. The minimum absolute atomic E-state index is 0.461. The quantitative estimate of drug-likeness (QED) is 0.518. The number of aromatic nitrogens is 1. The second-order valence-electron chi connectivity index (χ2n) is 2.38. The molecule has 0 fully saturated rings. The molecule has 0 unspecified atom stereocenters. The summed E-state index contributed by atoms with van der Waals surface area (Å²) in [7, 11) is 0. The van der Waals surface area contributed by atoms with Crippen LogP contribution in [0.2, 0.25) is 0 Å². The minimum Gasteiger partial charge on any atom is -0.468 e. The molecule has 1 aromatic rings. The fourth-order valence-electron chi connectivity index (χ4n) is 0.960. The summed E-state index contributed by atoms with van der Waals surface area (Å²) in [6.07, 6.45) is 4.63. The van der Waals surface area contributed by atoms with E-state index < -0.39 is 0 Å². The van der Waals surface area contributed by atoms with Crippen molar-refractivity contribution in [2.24, 2.45) is 0 Å². The molecule has 0 aliphatic heterocycles. The molecule has 3 heteroatoms. The zero-order valence-corrected chi connectivity index (χ0v) is 6.46. The highest BCUT2D eigenvalue weighted by Crippen LogP contribution is 2.05. The van der Waals surface area contributed by atoms with Gasteiger partial charge in [-0.1, -0.05) is 0 Å². The van der Waals surface area contributed by atoms with Crippen LogP contribution in [0.4, 0.5) is 0 Å². The zero-order valence-electron chi connectivity index (χ0n) is 6.46. The Morgan fingerprint density at radius 2 is 2.45 bits per heavy atom. The molecule has 0 saturated carbocycles. The molecule has 0 aliphatic carbocycles. The van der Waals surface area contributed by atoms with Crippen LogP contribution in [0.1, 0.15) is 11.1 Å². The van der Waals surface area contributed by atoms with Gasteiger partial charge in [-0.05, 0) is 18.1 Å². The van der Waals surface area contributed by atoms with Gasteiger partial charge >= 0.3 is 0 Å². The van der Waals surface area contributed by atoms with E-state index in [2.05, 4.69) is 9.72 Å². The number of ether oxygens (including phenoxy) is 1. The van der Waals surface area contributed by atoms with Crippen molar-refractivity contribution in [2.45, 2.75) is 13.3 Å². The Morgan fingerprint density at radius 3 is 3.00 bits per heavy atom. The van der Waals surface area contributed by atoms with Gasteiger partial charge in [0, 0.05) is 18.8 Å². The summed E-state index contributed by atoms with van der Waals surface area (Å²) in [6.45, 7) is 2.96. The molecular weight excluding hydrogens is 142 g/mol. The number of carbonyl (C=O) groups is 1. The maximum atomic E-state index is 9.79. The Bertz CT molecular complexity index is 230. The third-order valence-electron chi connectivity index (χ3n) is 1.62. The van der Waals surface area contributed by atoms with Crippen molar-refractivity contribution in [3.05, 3.63) is 23.5 Å². The first kappa shape index (κ1) is 7.85. The average Bonchev–Trinajstić information content (AvgIpc) is 2.37. The number of hydrogen-bond acceptors (Lipinski definition) is 2. The Labute approximate surface area is 65.4 Å². The van der Waals surface area contributed by atoms with Crippen molar-refractivity contribution in [1.82, 2.24) is 4.98 Å². The highest BCUT2D eigenvalue weighted by Gasteiger charge is 1.97. The molecule has 0 amide bonds. The molecule has 0 aromatic carbocycles. The number of aromatic amines is 1. The van der Waals surface area contributed by atoms with Gasteiger partial charge in [0.2, 0.25) is 0 Å². The molecule has 0 saturated heterocycles. The second kappa shape index (κ2) is 3.81. The lowest BCUT2D eigenvalue weighted by Gasteiger charge is -1.97. The van der Waals surface area contributed by atoms with Gasteiger partial charge in [-0.15, -0.1) is 0 Å². The Hall–Kier alpha value is -1.25. The standard InChI is InChI=1S/C8H11NO2/c1-7-4-9-5-8(7)2-3-11-6-10/h4-6,9H,2-3H2,1H3. The first-order valence-corrected chi connectivity index (χ1v) is 3.52. The van der Waals surface area contributed by atoms with Crippen LogP contribution in [0, 0.1) is 6.92 Å². The van der Waals surface area contributed by atoms with Gasteiger partial charge in [-0.2, -0.15) is 0 Å². The number of hydrogen-bond donors (Lipinski definition) is 1. The predicted molar refractivity (Wildman–Crippen MR) is 41.2 cm³/mol. The summed E-state index contributed by atoms with van der Waals surface area (Å²) >= 11 is 0. The lowest BCUT2D eigenvalue weighted by Crippen LogP contribution is -1.96. The van der Waals surface area contributed by atoms with Crippen LogP contribution >= 0.6 is 0 Å². The first-order valence-electron chi connectivity index (χ1n) is 3.52. The number of aryl methyl sites for hydroxylation is 1.